The van der Waals surface area contributed by atoms with Gasteiger partial charge in [-0.15, -0.1) is 0 Å². The number of aryl methyl sites for hydroxylation is 1. The van der Waals surface area contributed by atoms with Crippen LogP contribution in [0.5, 0.6) is 0 Å². The minimum Gasteiger partial charge on any atom is -0.336 e. The molecule has 0 spiro atoms. The third kappa shape index (κ3) is 3.08. The van der Waals surface area contributed by atoms with Crippen molar-refractivity contribution in [1.29, 1.82) is 0 Å². The average Bonchev–Trinajstić information content (AvgIpc) is 2.70. The first kappa shape index (κ1) is 13.9. The molecule has 0 radical (unpaired) electrons. The molecule has 0 saturated heterocycles. The normalized spacial score (nSPS) is 10.5. The van der Waals surface area contributed by atoms with Gasteiger partial charge >= 0.3 is 0 Å². The van der Waals surface area contributed by atoms with Gasteiger partial charge < -0.3 is 4.90 Å². The highest BCUT2D eigenvalue weighted by Crippen LogP contribution is 2.17. The van der Waals surface area contributed by atoms with Gasteiger partial charge in [-0.05, 0) is 24.3 Å². The van der Waals surface area contributed by atoms with Crippen molar-refractivity contribution in [3.05, 3.63) is 51.8 Å². The number of rotatable bonds is 3. The molecule has 0 saturated carbocycles. The molecule has 0 unspecified atom stereocenters. The summed E-state index contributed by atoms with van der Waals surface area (Å²) >= 11 is 11.8. The summed E-state index contributed by atoms with van der Waals surface area (Å²) < 4.78 is 1.66. The van der Waals surface area contributed by atoms with E-state index in [1.165, 1.54) is 0 Å². The van der Waals surface area contributed by atoms with E-state index in [1.54, 1.807) is 54.1 Å². The fourth-order valence-corrected chi connectivity index (χ4v) is 2.07. The molecule has 2 aromatic rings. The number of amides is 1. The SMILES string of the molecule is CN(Cc1c(Cl)cnn1C)C(=O)c1ccc(Cl)cc1. The Kier molecular flexibility index (Phi) is 4.12. The minimum atomic E-state index is -0.0890. The van der Waals surface area contributed by atoms with E-state index in [2.05, 4.69) is 5.10 Å². The average molecular weight is 298 g/mol. The summed E-state index contributed by atoms with van der Waals surface area (Å²) in [6.07, 6.45) is 1.57. The monoisotopic (exact) mass is 297 g/mol. The van der Waals surface area contributed by atoms with Crippen LogP contribution in [-0.4, -0.2) is 27.6 Å². The number of benzene rings is 1. The molecule has 100 valence electrons. The lowest BCUT2D eigenvalue weighted by atomic mass is 10.2. The largest absolute Gasteiger partial charge is 0.336 e. The summed E-state index contributed by atoms with van der Waals surface area (Å²) in [5.41, 5.74) is 1.39. The molecule has 1 heterocycles. The van der Waals surface area contributed by atoms with Crippen molar-refractivity contribution in [3.63, 3.8) is 0 Å². The molecule has 6 heteroatoms. The lowest BCUT2D eigenvalue weighted by molar-refractivity contribution is 0.0782. The Morgan fingerprint density at radius 2 is 1.95 bits per heavy atom. The molecule has 1 aromatic heterocycles. The highest BCUT2D eigenvalue weighted by molar-refractivity contribution is 6.31. The number of carbonyl (C=O) groups is 1. The van der Waals surface area contributed by atoms with Crippen molar-refractivity contribution >= 4 is 29.1 Å². The van der Waals surface area contributed by atoms with Crippen molar-refractivity contribution in [2.24, 2.45) is 7.05 Å². The maximum atomic E-state index is 12.2. The third-order valence-electron chi connectivity index (χ3n) is 2.84. The standard InChI is InChI=1S/C13H13Cl2N3O/c1-17(8-12-11(15)7-16-18(12)2)13(19)9-3-5-10(14)6-4-9/h3-7H,8H2,1-2H3. The summed E-state index contributed by atoms with van der Waals surface area (Å²) in [4.78, 5) is 13.8. The fraction of sp³-hybridized carbons (Fsp3) is 0.231. The fourth-order valence-electron chi connectivity index (χ4n) is 1.72. The van der Waals surface area contributed by atoms with Gasteiger partial charge in [0.2, 0.25) is 0 Å². The molecular weight excluding hydrogens is 285 g/mol. The molecule has 0 bridgehead atoms. The summed E-state index contributed by atoms with van der Waals surface area (Å²) in [5.74, 6) is -0.0890. The van der Waals surface area contributed by atoms with Crippen LogP contribution in [0.1, 0.15) is 16.1 Å². The Hall–Kier alpha value is -1.52. The molecule has 4 nitrogen and oxygen atoms in total. The molecule has 0 N–H and O–H groups in total. The zero-order valence-corrected chi connectivity index (χ0v) is 12.1. The van der Waals surface area contributed by atoms with Crippen LogP contribution >= 0.6 is 23.2 Å². The van der Waals surface area contributed by atoms with Crippen LogP contribution < -0.4 is 0 Å². The zero-order chi connectivity index (χ0) is 14.0. The van der Waals surface area contributed by atoms with Crippen LogP contribution in [-0.2, 0) is 13.6 Å². The molecule has 19 heavy (non-hydrogen) atoms. The summed E-state index contributed by atoms with van der Waals surface area (Å²) in [6.45, 7) is 0.400. The third-order valence-corrected chi connectivity index (χ3v) is 3.40. The molecule has 1 aromatic carbocycles. The maximum Gasteiger partial charge on any atom is 0.253 e. The van der Waals surface area contributed by atoms with Crippen LogP contribution in [0.25, 0.3) is 0 Å². The Labute approximate surface area is 121 Å². The van der Waals surface area contributed by atoms with E-state index >= 15 is 0 Å². The van der Waals surface area contributed by atoms with E-state index in [0.717, 1.165) is 5.69 Å². The predicted molar refractivity (Wildman–Crippen MR) is 75.5 cm³/mol. The smallest absolute Gasteiger partial charge is 0.253 e. The highest BCUT2D eigenvalue weighted by atomic mass is 35.5. The van der Waals surface area contributed by atoms with Crippen molar-refractivity contribution in [1.82, 2.24) is 14.7 Å². The van der Waals surface area contributed by atoms with Gasteiger partial charge in [0.25, 0.3) is 5.91 Å². The zero-order valence-electron chi connectivity index (χ0n) is 10.6. The van der Waals surface area contributed by atoms with E-state index < -0.39 is 0 Å². The van der Waals surface area contributed by atoms with Crippen molar-refractivity contribution in [3.8, 4) is 0 Å². The second-order valence-corrected chi connectivity index (χ2v) is 5.07. The lowest BCUT2D eigenvalue weighted by Crippen LogP contribution is -2.27. The number of halogens is 2. The van der Waals surface area contributed by atoms with Gasteiger partial charge in [0, 0.05) is 24.7 Å². The number of hydrogen-bond acceptors (Lipinski definition) is 2. The van der Waals surface area contributed by atoms with Gasteiger partial charge in [-0.2, -0.15) is 5.10 Å². The van der Waals surface area contributed by atoms with Crippen molar-refractivity contribution in [2.45, 2.75) is 6.54 Å². The Morgan fingerprint density at radius 3 is 2.47 bits per heavy atom. The van der Waals surface area contributed by atoms with E-state index in [0.29, 0.717) is 22.2 Å². The van der Waals surface area contributed by atoms with Gasteiger partial charge in [0.1, 0.15) is 0 Å². The van der Waals surface area contributed by atoms with Crippen LogP contribution in [0.3, 0.4) is 0 Å². The summed E-state index contributed by atoms with van der Waals surface area (Å²) in [6, 6.07) is 6.79. The maximum absolute atomic E-state index is 12.2. The van der Waals surface area contributed by atoms with E-state index in [-0.39, 0.29) is 5.91 Å². The van der Waals surface area contributed by atoms with E-state index in [4.69, 9.17) is 23.2 Å². The van der Waals surface area contributed by atoms with E-state index in [9.17, 15) is 4.79 Å². The predicted octanol–water partition coefficient (Wildman–Crippen LogP) is 3.00. The van der Waals surface area contributed by atoms with Crippen LogP contribution in [0.15, 0.2) is 30.5 Å². The first-order valence-electron chi connectivity index (χ1n) is 5.66. The second-order valence-electron chi connectivity index (χ2n) is 4.23. The molecule has 0 aliphatic carbocycles. The first-order chi connectivity index (χ1) is 8.99. The Morgan fingerprint density at radius 1 is 1.32 bits per heavy atom. The van der Waals surface area contributed by atoms with E-state index in [1.807, 2.05) is 0 Å². The van der Waals surface area contributed by atoms with Gasteiger partial charge in [0.15, 0.2) is 0 Å². The number of aromatic nitrogens is 2. The van der Waals surface area contributed by atoms with Crippen LogP contribution in [0, 0.1) is 0 Å². The Balaban J connectivity index is 2.14. The van der Waals surface area contributed by atoms with Crippen LogP contribution in [0.4, 0.5) is 0 Å². The number of nitrogens with zero attached hydrogens (tertiary/aromatic N) is 3. The molecular formula is C13H13Cl2N3O. The second kappa shape index (κ2) is 5.63. The lowest BCUT2D eigenvalue weighted by Gasteiger charge is -2.17. The van der Waals surface area contributed by atoms with Crippen molar-refractivity contribution in [2.75, 3.05) is 7.05 Å². The molecule has 0 aliphatic rings. The van der Waals surface area contributed by atoms with Gasteiger partial charge in [-0.25, -0.2) is 0 Å². The molecule has 2 rings (SSSR count). The molecule has 0 fully saturated rings. The molecule has 1 amide bonds. The van der Waals surface area contributed by atoms with Crippen molar-refractivity contribution < 1.29 is 4.79 Å². The number of hydrogen-bond donors (Lipinski definition) is 0. The first-order valence-corrected chi connectivity index (χ1v) is 6.42. The summed E-state index contributed by atoms with van der Waals surface area (Å²) in [7, 11) is 3.52. The number of carbonyl (C=O) groups excluding carboxylic acids is 1. The molecule has 0 aliphatic heterocycles. The van der Waals surface area contributed by atoms with Gasteiger partial charge in [0.05, 0.1) is 23.5 Å². The quantitative estimate of drug-likeness (QED) is 0.873. The van der Waals surface area contributed by atoms with Gasteiger partial charge in [-0.1, -0.05) is 23.2 Å². The van der Waals surface area contributed by atoms with Crippen LogP contribution in [0.2, 0.25) is 10.0 Å². The molecule has 0 atom stereocenters. The highest BCUT2D eigenvalue weighted by Gasteiger charge is 2.15. The summed E-state index contributed by atoms with van der Waals surface area (Å²) in [5, 5.41) is 5.20. The van der Waals surface area contributed by atoms with Gasteiger partial charge in [-0.3, -0.25) is 9.48 Å². The topological polar surface area (TPSA) is 38.1 Å². The Bertz CT molecular complexity index is 573. The minimum absolute atomic E-state index is 0.0890.